The topological polar surface area (TPSA) is 110 Å². The number of carboxylic acids is 1. The van der Waals surface area contributed by atoms with Crippen molar-refractivity contribution in [1.29, 1.82) is 0 Å². The molecule has 0 bridgehead atoms. The van der Waals surface area contributed by atoms with Crippen LogP contribution in [0.5, 0.6) is 0 Å². The molecule has 1 amide bonds. The Kier molecular flexibility index (Phi) is 2.61. The molecular weight excluding hydrogens is 330 g/mol. The lowest BCUT2D eigenvalue weighted by Gasteiger charge is -2.36. The molecule has 1 atom stereocenters. The first-order chi connectivity index (χ1) is 10.4. The number of carboxylic acid groups (broad SMARTS) is 1. The largest absolute Gasteiger partial charge is 0.477 e. The molecule has 0 spiro atoms. The Morgan fingerprint density at radius 3 is 2.95 bits per heavy atom. The number of carbonyl (C=O) groups is 2. The number of nitrogens with zero attached hydrogens (tertiary/aromatic N) is 3. The van der Waals surface area contributed by atoms with Crippen LogP contribution in [0, 0.1) is 0 Å². The maximum absolute atomic E-state index is 12.1. The Morgan fingerprint density at radius 2 is 2.27 bits per heavy atom. The summed E-state index contributed by atoms with van der Waals surface area (Å²) in [5.74, 6) is -1.49. The smallest absolute Gasteiger partial charge is 0.353 e. The van der Waals surface area contributed by atoms with Crippen LogP contribution in [0.15, 0.2) is 28.0 Å². The van der Waals surface area contributed by atoms with Gasteiger partial charge in [-0.15, -0.1) is 11.8 Å². The molecule has 8 nitrogen and oxygen atoms in total. The molecule has 0 aliphatic carbocycles. The molecule has 1 saturated heterocycles. The molecule has 1 fully saturated rings. The molecule has 0 unspecified atom stereocenters. The van der Waals surface area contributed by atoms with Crippen molar-refractivity contribution in [3.05, 3.63) is 28.6 Å². The molecule has 10 heteroatoms. The number of β-lactam (4-membered cyclic amide) rings is 1. The summed E-state index contributed by atoms with van der Waals surface area (Å²) in [5, 5.41) is 10.1. The fraction of sp³-hybridized carbons (Fsp3) is 0.250. The molecule has 0 aromatic carbocycles. The highest BCUT2D eigenvalue weighted by molar-refractivity contribution is 8.03. The van der Waals surface area contributed by atoms with E-state index in [1.54, 1.807) is 10.8 Å². The van der Waals surface area contributed by atoms with Gasteiger partial charge in [-0.1, -0.05) is 0 Å². The number of aryl methyl sites for hydroxylation is 1. The van der Waals surface area contributed by atoms with Crippen molar-refractivity contribution in [2.24, 2.45) is 0 Å². The number of aliphatic carboxylic acids is 1. The highest BCUT2D eigenvalue weighted by Crippen LogP contribution is 2.45. The standard InChI is InChI=1S/C12H9N3O5S2/c16-9-7(10-15(9)8(5-21-10)11(17)18)3-6-4-14-1-2-22(19,20)12(14)13-6/h3-5,10H,1-2H2,(H,17,18)/b7-3-/t10-/m1/s1. The van der Waals surface area contributed by atoms with Gasteiger partial charge >= 0.3 is 5.97 Å². The van der Waals surface area contributed by atoms with Gasteiger partial charge in [0.05, 0.1) is 17.0 Å². The molecular formula is C12H9N3O5S2. The van der Waals surface area contributed by atoms with Crippen LogP contribution in [0.3, 0.4) is 0 Å². The highest BCUT2D eigenvalue weighted by atomic mass is 32.2. The number of hydrogen-bond donors (Lipinski definition) is 1. The normalized spacial score (nSPS) is 26.6. The zero-order valence-electron chi connectivity index (χ0n) is 11.0. The second-order valence-corrected chi connectivity index (χ2v) is 7.99. The zero-order chi connectivity index (χ0) is 15.6. The third-order valence-corrected chi connectivity index (χ3v) is 6.38. The van der Waals surface area contributed by atoms with Crippen molar-refractivity contribution in [2.45, 2.75) is 17.1 Å². The minimum absolute atomic E-state index is 0.0198. The van der Waals surface area contributed by atoms with Crippen molar-refractivity contribution >= 4 is 39.6 Å². The Hall–Kier alpha value is -2.07. The first-order valence-corrected chi connectivity index (χ1v) is 8.92. The van der Waals surface area contributed by atoms with Crippen LogP contribution < -0.4 is 0 Å². The number of fused-ring (bicyclic) bond motifs is 2. The Bertz CT molecular complexity index is 896. The minimum atomic E-state index is -3.33. The monoisotopic (exact) mass is 339 g/mol. The lowest BCUT2D eigenvalue weighted by Crippen LogP contribution is -2.51. The number of rotatable bonds is 2. The van der Waals surface area contributed by atoms with E-state index in [4.69, 9.17) is 5.11 Å². The summed E-state index contributed by atoms with van der Waals surface area (Å²) in [7, 11) is -3.33. The Balaban J connectivity index is 1.65. The third-order valence-electron chi connectivity index (χ3n) is 3.69. The predicted molar refractivity (Wildman–Crippen MR) is 76.2 cm³/mol. The van der Waals surface area contributed by atoms with Gasteiger partial charge in [-0.25, -0.2) is 18.2 Å². The van der Waals surface area contributed by atoms with Crippen molar-refractivity contribution in [1.82, 2.24) is 14.5 Å². The maximum atomic E-state index is 12.1. The van der Waals surface area contributed by atoms with Crippen LogP contribution in [0.2, 0.25) is 0 Å². The fourth-order valence-corrected chi connectivity index (χ4v) is 5.12. The second-order valence-electron chi connectivity index (χ2n) is 5.03. The average Bonchev–Trinajstić information content (AvgIpc) is 3.10. The summed E-state index contributed by atoms with van der Waals surface area (Å²) in [6, 6.07) is 0. The van der Waals surface area contributed by atoms with Crippen LogP contribution in [0.1, 0.15) is 5.69 Å². The van der Waals surface area contributed by atoms with E-state index >= 15 is 0 Å². The molecule has 4 rings (SSSR count). The minimum Gasteiger partial charge on any atom is -0.477 e. The van der Waals surface area contributed by atoms with Gasteiger partial charge in [0.15, 0.2) is 0 Å². The summed E-state index contributed by atoms with van der Waals surface area (Å²) < 4.78 is 25.0. The van der Waals surface area contributed by atoms with Gasteiger partial charge in [-0.3, -0.25) is 9.69 Å². The Labute approximate surface area is 129 Å². The maximum Gasteiger partial charge on any atom is 0.353 e. The van der Waals surface area contributed by atoms with E-state index in [1.807, 2.05) is 0 Å². The van der Waals surface area contributed by atoms with Crippen LogP contribution >= 0.6 is 11.8 Å². The quantitative estimate of drug-likeness (QED) is 0.591. The average molecular weight is 339 g/mol. The van der Waals surface area contributed by atoms with E-state index in [1.165, 1.54) is 28.1 Å². The van der Waals surface area contributed by atoms with E-state index in [-0.39, 0.29) is 27.9 Å². The molecule has 3 aliphatic rings. The Morgan fingerprint density at radius 1 is 1.50 bits per heavy atom. The van der Waals surface area contributed by atoms with Crippen molar-refractivity contribution in [2.75, 3.05) is 5.75 Å². The van der Waals surface area contributed by atoms with Crippen molar-refractivity contribution in [3.8, 4) is 0 Å². The predicted octanol–water partition coefficient (Wildman–Crippen LogP) is -0.105. The number of imidazole rings is 1. The van der Waals surface area contributed by atoms with Gasteiger partial charge in [0.1, 0.15) is 11.1 Å². The van der Waals surface area contributed by atoms with Crippen LogP contribution in [0.25, 0.3) is 6.08 Å². The van der Waals surface area contributed by atoms with Gasteiger partial charge in [-0.2, -0.15) is 0 Å². The van der Waals surface area contributed by atoms with Gasteiger partial charge in [0.2, 0.25) is 15.0 Å². The van der Waals surface area contributed by atoms with Gasteiger partial charge < -0.3 is 9.67 Å². The summed E-state index contributed by atoms with van der Waals surface area (Å²) in [6.45, 7) is 0.358. The molecule has 3 aliphatic heterocycles. The van der Waals surface area contributed by atoms with E-state index in [2.05, 4.69) is 4.98 Å². The summed E-state index contributed by atoms with van der Waals surface area (Å²) in [6.07, 6.45) is 3.12. The SMILES string of the molecule is O=C(O)C1=CS[C@@H]2/C(=C\c3cn4c(n3)S(=O)(=O)CC4)C(=O)N12. The van der Waals surface area contributed by atoms with Crippen molar-refractivity contribution < 1.29 is 23.1 Å². The molecule has 1 aromatic rings. The summed E-state index contributed by atoms with van der Waals surface area (Å²) in [5.41, 5.74) is 0.782. The van der Waals surface area contributed by atoms with Crippen molar-refractivity contribution in [3.63, 3.8) is 0 Å². The highest BCUT2D eigenvalue weighted by Gasteiger charge is 2.49. The molecule has 0 radical (unpaired) electrons. The first-order valence-electron chi connectivity index (χ1n) is 6.32. The lowest BCUT2D eigenvalue weighted by molar-refractivity contribution is -0.141. The number of carbonyl (C=O) groups excluding carboxylic acids is 1. The van der Waals surface area contributed by atoms with Crippen LogP contribution in [-0.2, 0) is 26.0 Å². The van der Waals surface area contributed by atoms with Crippen LogP contribution in [-0.4, -0.2) is 51.0 Å². The molecule has 4 heterocycles. The number of amides is 1. The van der Waals surface area contributed by atoms with Gasteiger partial charge in [0.25, 0.3) is 5.91 Å². The molecule has 0 saturated carbocycles. The number of sulfone groups is 1. The number of hydrogen-bond acceptors (Lipinski definition) is 6. The number of aromatic nitrogens is 2. The first kappa shape index (κ1) is 13.6. The zero-order valence-corrected chi connectivity index (χ0v) is 12.6. The summed E-state index contributed by atoms with van der Waals surface area (Å²) in [4.78, 5) is 28.3. The van der Waals surface area contributed by atoms with Gasteiger partial charge in [-0.05, 0) is 6.08 Å². The fourth-order valence-electron chi connectivity index (χ4n) is 2.63. The van der Waals surface area contributed by atoms with E-state index in [0.29, 0.717) is 17.8 Å². The molecule has 22 heavy (non-hydrogen) atoms. The second kappa shape index (κ2) is 4.23. The summed E-state index contributed by atoms with van der Waals surface area (Å²) >= 11 is 1.23. The number of thioether (sulfide) groups is 1. The molecule has 1 aromatic heterocycles. The molecule has 1 N–H and O–H groups in total. The van der Waals surface area contributed by atoms with Gasteiger partial charge in [0, 0.05) is 18.1 Å². The lowest BCUT2D eigenvalue weighted by atomic mass is 10.0. The van der Waals surface area contributed by atoms with Crippen LogP contribution in [0.4, 0.5) is 0 Å². The van der Waals surface area contributed by atoms with E-state index in [0.717, 1.165) is 0 Å². The molecule has 114 valence electrons. The van der Waals surface area contributed by atoms with E-state index < -0.39 is 15.8 Å². The third kappa shape index (κ3) is 1.70. The van der Waals surface area contributed by atoms with E-state index in [9.17, 15) is 18.0 Å².